The van der Waals surface area contributed by atoms with Gasteiger partial charge < -0.3 is 9.15 Å². The molecule has 2 aromatic heterocycles. The molecular formula is C15H11ClN2O3S. The first-order valence-electron chi connectivity index (χ1n) is 6.52. The summed E-state index contributed by atoms with van der Waals surface area (Å²) in [6.07, 6.45) is 0.455. The normalized spacial score (nSPS) is 10.6. The molecule has 0 amide bonds. The second-order valence-electron chi connectivity index (χ2n) is 4.42. The Morgan fingerprint density at radius 1 is 1.27 bits per heavy atom. The number of thiophene rings is 1. The van der Waals surface area contributed by atoms with Crippen LogP contribution in [0.3, 0.4) is 0 Å². The van der Waals surface area contributed by atoms with E-state index in [2.05, 4.69) is 10.2 Å². The van der Waals surface area contributed by atoms with E-state index in [4.69, 9.17) is 20.8 Å². The molecule has 0 N–H and O–H groups in total. The van der Waals surface area contributed by atoms with Crippen LogP contribution in [-0.4, -0.2) is 16.2 Å². The predicted octanol–water partition coefficient (Wildman–Crippen LogP) is 3.99. The lowest BCUT2D eigenvalue weighted by Gasteiger charge is -2.04. The third-order valence-electron chi connectivity index (χ3n) is 2.84. The number of benzene rings is 1. The number of aryl methyl sites for hydroxylation is 1. The van der Waals surface area contributed by atoms with Crippen LogP contribution in [0.25, 0.3) is 11.5 Å². The molecule has 0 aliphatic heterocycles. The van der Waals surface area contributed by atoms with Crippen molar-refractivity contribution in [3.05, 3.63) is 52.0 Å². The van der Waals surface area contributed by atoms with Gasteiger partial charge in [-0.2, -0.15) is 11.3 Å². The van der Waals surface area contributed by atoms with Crippen LogP contribution >= 0.6 is 22.9 Å². The summed E-state index contributed by atoms with van der Waals surface area (Å²) < 4.78 is 10.7. The highest BCUT2D eigenvalue weighted by Crippen LogP contribution is 2.24. The minimum Gasteiger partial charge on any atom is -0.425 e. The number of nitrogens with zero attached hydrogens (tertiary/aromatic N) is 2. The van der Waals surface area contributed by atoms with Crippen LogP contribution in [0, 0.1) is 0 Å². The molecule has 0 fully saturated rings. The number of hydrogen-bond acceptors (Lipinski definition) is 6. The minimum absolute atomic E-state index is 0.135. The second kappa shape index (κ2) is 6.72. The van der Waals surface area contributed by atoms with E-state index in [0.717, 1.165) is 5.56 Å². The quantitative estimate of drug-likeness (QED) is 0.521. The van der Waals surface area contributed by atoms with Gasteiger partial charge in [0, 0.05) is 17.4 Å². The Bertz CT molecular complexity index is 771. The van der Waals surface area contributed by atoms with E-state index in [1.165, 1.54) is 0 Å². The van der Waals surface area contributed by atoms with Gasteiger partial charge in [-0.1, -0.05) is 23.7 Å². The summed E-state index contributed by atoms with van der Waals surface area (Å²) in [6, 6.07) is 8.72. The Labute approximate surface area is 135 Å². The average molecular weight is 335 g/mol. The van der Waals surface area contributed by atoms with Gasteiger partial charge in [-0.05, 0) is 23.6 Å². The van der Waals surface area contributed by atoms with Gasteiger partial charge in [0.25, 0.3) is 0 Å². The first kappa shape index (κ1) is 14.7. The molecule has 0 atom stereocenters. The molecule has 112 valence electrons. The molecule has 5 nitrogen and oxygen atoms in total. The van der Waals surface area contributed by atoms with E-state index in [1.807, 2.05) is 16.8 Å². The topological polar surface area (TPSA) is 65.2 Å². The molecule has 7 heteroatoms. The number of aromatic nitrogens is 2. The molecule has 0 bridgehead atoms. The van der Waals surface area contributed by atoms with Gasteiger partial charge in [0.15, 0.2) is 0 Å². The fraction of sp³-hybridized carbons (Fsp3) is 0.133. The van der Waals surface area contributed by atoms with E-state index in [-0.39, 0.29) is 6.42 Å². The lowest BCUT2D eigenvalue weighted by Crippen LogP contribution is -2.09. The highest BCUT2D eigenvalue weighted by molar-refractivity contribution is 7.08. The highest BCUT2D eigenvalue weighted by Gasteiger charge is 2.12. The third kappa shape index (κ3) is 3.52. The molecule has 0 radical (unpaired) electrons. The van der Waals surface area contributed by atoms with Crippen molar-refractivity contribution < 1.29 is 13.9 Å². The molecule has 0 saturated heterocycles. The van der Waals surface area contributed by atoms with Crippen LogP contribution in [0.4, 0.5) is 0 Å². The molecule has 0 spiro atoms. The van der Waals surface area contributed by atoms with Crippen molar-refractivity contribution in [1.29, 1.82) is 0 Å². The fourth-order valence-corrected chi connectivity index (χ4v) is 2.57. The summed E-state index contributed by atoms with van der Waals surface area (Å²) in [5, 5.41) is 12.1. The first-order chi connectivity index (χ1) is 10.7. The summed E-state index contributed by atoms with van der Waals surface area (Å²) in [5.74, 6) is 0.801. The van der Waals surface area contributed by atoms with E-state index in [9.17, 15) is 4.79 Å². The summed E-state index contributed by atoms with van der Waals surface area (Å²) in [7, 11) is 0. The van der Waals surface area contributed by atoms with Crippen LogP contribution in [0.1, 0.15) is 12.3 Å². The maximum atomic E-state index is 11.8. The number of halogens is 1. The number of carbonyl (C=O) groups excluding carboxylic acids is 1. The van der Waals surface area contributed by atoms with E-state index in [0.29, 0.717) is 29.0 Å². The van der Waals surface area contributed by atoms with Crippen molar-refractivity contribution >= 4 is 28.9 Å². The monoisotopic (exact) mass is 334 g/mol. The lowest BCUT2D eigenvalue weighted by molar-refractivity contribution is -0.134. The van der Waals surface area contributed by atoms with Crippen LogP contribution in [-0.2, 0) is 11.2 Å². The number of hydrogen-bond donors (Lipinski definition) is 0. The summed E-state index contributed by atoms with van der Waals surface area (Å²) in [4.78, 5) is 11.8. The zero-order valence-corrected chi connectivity index (χ0v) is 12.9. The molecule has 2 heterocycles. The summed E-state index contributed by atoms with van der Waals surface area (Å²) >= 11 is 7.48. The standard InChI is InChI=1S/C15H11ClN2O3S/c16-11-3-1-2-4-12(11)20-14(19)6-5-13-17-18-15(21-13)10-7-8-22-9-10/h1-4,7-9H,5-6H2. The van der Waals surface area contributed by atoms with Crippen LogP contribution in [0.2, 0.25) is 5.02 Å². The van der Waals surface area contributed by atoms with Crippen molar-refractivity contribution in [2.24, 2.45) is 0 Å². The van der Waals surface area contributed by atoms with Gasteiger partial charge in [-0.15, -0.1) is 10.2 Å². The SMILES string of the molecule is O=C(CCc1nnc(-c2ccsc2)o1)Oc1ccccc1Cl. The lowest BCUT2D eigenvalue weighted by atomic mass is 10.3. The molecule has 3 aromatic rings. The molecule has 0 aliphatic carbocycles. The number of ether oxygens (including phenoxy) is 1. The van der Waals surface area contributed by atoms with E-state index >= 15 is 0 Å². The molecule has 0 unspecified atom stereocenters. The van der Waals surface area contributed by atoms with Gasteiger partial charge in [-0.25, -0.2) is 0 Å². The van der Waals surface area contributed by atoms with Crippen molar-refractivity contribution in [3.8, 4) is 17.2 Å². The second-order valence-corrected chi connectivity index (χ2v) is 5.60. The van der Waals surface area contributed by atoms with Crippen molar-refractivity contribution in [3.63, 3.8) is 0 Å². The molecule has 1 aromatic carbocycles. The predicted molar refractivity (Wildman–Crippen MR) is 83.0 cm³/mol. The van der Waals surface area contributed by atoms with Crippen molar-refractivity contribution in [2.45, 2.75) is 12.8 Å². The zero-order valence-electron chi connectivity index (χ0n) is 11.4. The van der Waals surface area contributed by atoms with Crippen LogP contribution in [0.5, 0.6) is 5.75 Å². The first-order valence-corrected chi connectivity index (χ1v) is 7.84. The fourth-order valence-electron chi connectivity index (χ4n) is 1.77. The Kier molecular flexibility index (Phi) is 4.50. The van der Waals surface area contributed by atoms with Crippen LogP contribution in [0.15, 0.2) is 45.5 Å². The smallest absolute Gasteiger partial charge is 0.311 e. The van der Waals surface area contributed by atoms with E-state index < -0.39 is 5.97 Å². The van der Waals surface area contributed by atoms with Crippen LogP contribution < -0.4 is 4.74 Å². The number of carbonyl (C=O) groups is 1. The van der Waals surface area contributed by atoms with Gasteiger partial charge in [0.05, 0.1) is 11.4 Å². The zero-order chi connectivity index (χ0) is 15.4. The Morgan fingerprint density at radius 2 is 2.14 bits per heavy atom. The Balaban J connectivity index is 1.56. The van der Waals surface area contributed by atoms with Crippen molar-refractivity contribution in [2.75, 3.05) is 0 Å². The number of esters is 1. The van der Waals surface area contributed by atoms with Gasteiger partial charge in [0.2, 0.25) is 11.8 Å². The molecule has 22 heavy (non-hydrogen) atoms. The molecule has 0 aliphatic rings. The number of rotatable bonds is 5. The van der Waals surface area contributed by atoms with Crippen molar-refractivity contribution in [1.82, 2.24) is 10.2 Å². The highest BCUT2D eigenvalue weighted by atomic mass is 35.5. The largest absolute Gasteiger partial charge is 0.425 e. The summed E-state index contributed by atoms with van der Waals surface area (Å²) in [5.41, 5.74) is 0.877. The van der Waals surface area contributed by atoms with Gasteiger partial charge >= 0.3 is 5.97 Å². The average Bonchev–Trinajstić information content (AvgIpc) is 3.18. The third-order valence-corrected chi connectivity index (χ3v) is 3.83. The molecule has 0 saturated carbocycles. The maximum absolute atomic E-state index is 11.8. The van der Waals surface area contributed by atoms with E-state index in [1.54, 1.807) is 35.6 Å². The molecular weight excluding hydrogens is 324 g/mol. The summed E-state index contributed by atoms with van der Waals surface area (Å²) in [6.45, 7) is 0. The Morgan fingerprint density at radius 3 is 2.91 bits per heavy atom. The Hall–Kier alpha value is -2.18. The van der Waals surface area contributed by atoms with Gasteiger partial charge in [0.1, 0.15) is 5.75 Å². The van der Waals surface area contributed by atoms with Gasteiger partial charge in [-0.3, -0.25) is 4.79 Å². The number of para-hydroxylation sites is 1. The molecule has 3 rings (SSSR count). The maximum Gasteiger partial charge on any atom is 0.311 e. The minimum atomic E-state index is -0.400.